The van der Waals surface area contributed by atoms with Crippen LogP contribution in [0.5, 0.6) is 5.75 Å². The summed E-state index contributed by atoms with van der Waals surface area (Å²) in [6, 6.07) is 11.5. The molecule has 0 saturated carbocycles. The number of anilines is 1. The maximum absolute atomic E-state index is 13.8. The van der Waals surface area contributed by atoms with E-state index in [0.717, 1.165) is 4.31 Å². The van der Waals surface area contributed by atoms with Crippen molar-refractivity contribution >= 4 is 27.7 Å². The van der Waals surface area contributed by atoms with Gasteiger partial charge in [-0.05, 0) is 50.5 Å². The predicted molar refractivity (Wildman–Crippen MR) is 131 cm³/mol. The van der Waals surface area contributed by atoms with Crippen molar-refractivity contribution < 1.29 is 32.7 Å². The molecule has 0 aliphatic carbocycles. The van der Waals surface area contributed by atoms with Crippen molar-refractivity contribution in [2.75, 3.05) is 12.4 Å². The van der Waals surface area contributed by atoms with Crippen LogP contribution in [0.3, 0.4) is 0 Å². The number of hydrogen-bond donors (Lipinski definition) is 3. The van der Waals surface area contributed by atoms with Gasteiger partial charge in [-0.3, -0.25) is 15.3 Å². The molecule has 0 aliphatic heterocycles. The lowest BCUT2D eigenvalue weighted by molar-refractivity contribution is -0.134. The van der Waals surface area contributed by atoms with Crippen LogP contribution in [0.4, 0.5) is 10.5 Å². The average molecular weight is 508 g/mol. The van der Waals surface area contributed by atoms with Crippen LogP contribution in [0.1, 0.15) is 40.2 Å². The van der Waals surface area contributed by atoms with Gasteiger partial charge in [-0.25, -0.2) is 18.7 Å². The van der Waals surface area contributed by atoms with Gasteiger partial charge in [-0.15, -0.1) is 0 Å². The number of benzene rings is 2. The Labute approximate surface area is 206 Å². The third kappa shape index (κ3) is 7.41. The summed E-state index contributed by atoms with van der Waals surface area (Å²) in [5, 5.41) is 11.8. The molecule has 0 unspecified atom stereocenters. The molecule has 0 fully saturated rings. The van der Waals surface area contributed by atoms with Gasteiger partial charge in [-0.1, -0.05) is 44.2 Å². The smallest absolute Gasteiger partial charge is 0.412 e. The summed E-state index contributed by atoms with van der Waals surface area (Å²) in [6.45, 7) is 8.33. The van der Waals surface area contributed by atoms with Gasteiger partial charge >= 0.3 is 6.09 Å². The van der Waals surface area contributed by atoms with Gasteiger partial charge < -0.3 is 9.47 Å². The molecule has 0 bridgehead atoms. The van der Waals surface area contributed by atoms with Crippen LogP contribution in [0.2, 0.25) is 0 Å². The van der Waals surface area contributed by atoms with Crippen molar-refractivity contribution in [2.45, 2.75) is 57.7 Å². The van der Waals surface area contributed by atoms with E-state index in [1.165, 1.54) is 25.3 Å². The van der Waals surface area contributed by atoms with Crippen LogP contribution in [0, 0.1) is 5.92 Å². The summed E-state index contributed by atoms with van der Waals surface area (Å²) in [5.74, 6) is -1.11. The van der Waals surface area contributed by atoms with Gasteiger partial charge in [0.25, 0.3) is 5.91 Å². The molecular formula is C24H33N3O7S. The number of ether oxygens (including phenoxy) is 2. The Hall–Kier alpha value is -3.15. The van der Waals surface area contributed by atoms with Gasteiger partial charge in [-0.2, -0.15) is 4.31 Å². The summed E-state index contributed by atoms with van der Waals surface area (Å²) >= 11 is 0. The van der Waals surface area contributed by atoms with Crippen molar-refractivity contribution in [2.24, 2.45) is 5.92 Å². The van der Waals surface area contributed by atoms with Crippen molar-refractivity contribution in [1.29, 1.82) is 0 Å². The highest BCUT2D eigenvalue weighted by atomic mass is 32.2. The highest BCUT2D eigenvalue weighted by Gasteiger charge is 2.38. The SMILES string of the molecule is COc1ccc(S(=O)(=O)N(Cc2ccccc2)[C@H](C(=O)NO)C(C)C)cc1NC(=O)OC(C)(C)C. The van der Waals surface area contributed by atoms with E-state index in [9.17, 15) is 23.2 Å². The topological polar surface area (TPSA) is 134 Å². The van der Waals surface area contributed by atoms with Gasteiger partial charge in [0.1, 0.15) is 17.4 Å². The first-order chi connectivity index (χ1) is 16.3. The quantitative estimate of drug-likeness (QED) is 0.347. The van der Waals surface area contributed by atoms with E-state index < -0.39 is 39.6 Å². The van der Waals surface area contributed by atoms with Crippen LogP contribution in [0.15, 0.2) is 53.4 Å². The summed E-state index contributed by atoms with van der Waals surface area (Å²) in [5.41, 5.74) is 1.53. The molecule has 11 heteroatoms. The molecule has 2 aromatic rings. The van der Waals surface area contributed by atoms with Gasteiger partial charge in [0.15, 0.2) is 0 Å². The standard InChI is InChI=1S/C24H33N3O7S/c1-16(2)21(22(28)26-30)27(15-17-10-8-7-9-11-17)35(31,32)18-12-13-20(33-6)19(14-18)25-23(29)34-24(3,4)5/h7-14,16,21,30H,15H2,1-6H3,(H,25,29)(H,26,28)/t21-/m0/s1. The maximum atomic E-state index is 13.8. The number of rotatable bonds is 9. The number of carbonyl (C=O) groups excluding carboxylic acids is 2. The second kappa shape index (κ2) is 11.5. The molecule has 0 saturated heterocycles. The average Bonchev–Trinajstić information content (AvgIpc) is 2.77. The summed E-state index contributed by atoms with van der Waals surface area (Å²) in [4.78, 5) is 24.7. The minimum absolute atomic E-state index is 0.0789. The number of hydrogen-bond acceptors (Lipinski definition) is 7. The monoisotopic (exact) mass is 507 g/mol. The number of hydroxylamine groups is 1. The fraction of sp³-hybridized carbons (Fsp3) is 0.417. The van der Waals surface area contributed by atoms with E-state index in [-0.39, 0.29) is 22.9 Å². The lowest BCUT2D eigenvalue weighted by Gasteiger charge is -2.32. The molecule has 3 N–H and O–H groups in total. The minimum Gasteiger partial charge on any atom is -0.495 e. The molecule has 10 nitrogen and oxygen atoms in total. The molecule has 0 heterocycles. The number of methoxy groups -OCH3 is 1. The lowest BCUT2D eigenvalue weighted by Crippen LogP contribution is -2.51. The maximum Gasteiger partial charge on any atom is 0.412 e. The van der Waals surface area contributed by atoms with Crippen molar-refractivity contribution in [1.82, 2.24) is 9.79 Å². The largest absolute Gasteiger partial charge is 0.495 e. The second-order valence-electron chi connectivity index (χ2n) is 9.19. The Kier molecular flexibility index (Phi) is 9.24. The number of carbonyl (C=O) groups is 2. The summed E-state index contributed by atoms with van der Waals surface area (Å²) in [7, 11) is -2.92. The summed E-state index contributed by atoms with van der Waals surface area (Å²) < 4.78 is 39.3. The molecule has 2 amide bonds. The van der Waals surface area contributed by atoms with Gasteiger partial charge in [0.2, 0.25) is 10.0 Å². The number of nitrogens with one attached hydrogen (secondary N) is 2. The van der Waals surface area contributed by atoms with Crippen molar-refractivity contribution in [3.63, 3.8) is 0 Å². The Bertz CT molecular complexity index is 1130. The lowest BCUT2D eigenvalue weighted by atomic mass is 10.0. The first-order valence-corrected chi connectivity index (χ1v) is 12.4. The van der Waals surface area contributed by atoms with E-state index in [4.69, 9.17) is 9.47 Å². The van der Waals surface area contributed by atoms with Gasteiger partial charge in [0.05, 0.1) is 17.7 Å². The number of nitrogens with zero attached hydrogens (tertiary/aromatic N) is 1. The van der Waals surface area contributed by atoms with E-state index in [0.29, 0.717) is 5.56 Å². The molecule has 35 heavy (non-hydrogen) atoms. The third-order valence-electron chi connectivity index (χ3n) is 4.91. The Morgan fingerprint density at radius 2 is 1.71 bits per heavy atom. The van der Waals surface area contributed by atoms with E-state index >= 15 is 0 Å². The molecule has 2 rings (SSSR count). The fourth-order valence-electron chi connectivity index (χ4n) is 3.42. The van der Waals surface area contributed by atoms with Crippen molar-refractivity contribution in [3.05, 3.63) is 54.1 Å². The van der Waals surface area contributed by atoms with Crippen LogP contribution in [-0.4, -0.2) is 48.7 Å². The predicted octanol–water partition coefficient (Wildman–Crippen LogP) is 3.76. The minimum atomic E-state index is -4.30. The van der Waals surface area contributed by atoms with E-state index in [1.807, 2.05) is 0 Å². The van der Waals surface area contributed by atoms with Crippen LogP contribution in [-0.2, 0) is 26.1 Å². The van der Waals surface area contributed by atoms with Crippen LogP contribution >= 0.6 is 0 Å². The first-order valence-electron chi connectivity index (χ1n) is 11.0. The first kappa shape index (κ1) is 28.1. The zero-order valence-electron chi connectivity index (χ0n) is 20.7. The molecule has 192 valence electrons. The highest BCUT2D eigenvalue weighted by molar-refractivity contribution is 7.89. The van der Waals surface area contributed by atoms with E-state index in [1.54, 1.807) is 70.4 Å². The molecule has 0 spiro atoms. The third-order valence-corrected chi connectivity index (χ3v) is 6.74. The molecule has 0 radical (unpaired) electrons. The molecule has 1 atom stereocenters. The second-order valence-corrected chi connectivity index (χ2v) is 11.1. The fourth-order valence-corrected chi connectivity index (χ4v) is 5.16. The zero-order chi connectivity index (χ0) is 26.4. The summed E-state index contributed by atoms with van der Waals surface area (Å²) in [6.07, 6.45) is -0.786. The van der Waals surface area contributed by atoms with E-state index in [2.05, 4.69) is 5.32 Å². The highest BCUT2D eigenvalue weighted by Crippen LogP contribution is 2.32. The normalized spacial score (nSPS) is 12.8. The number of sulfonamides is 1. The molecule has 0 aromatic heterocycles. The molecule has 0 aliphatic rings. The molecule has 2 aromatic carbocycles. The Morgan fingerprint density at radius 3 is 2.23 bits per heavy atom. The van der Waals surface area contributed by atoms with Crippen molar-refractivity contribution in [3.8, 4) is 5.75 Å². The van der Waals surface area contributed by atoms with Crippen LogP contribution < -0.4 is 15.5 Å². The van der Waals surface area contributed by atoms with Crippen LogP contribution in [0.25, 0.3) is 0 Å². The zero-order valence-corrected chi connectivity index (χ0v) is 21.5. The number of amides is 2. The molecular weight excluding hydrogens is 474 g/mol. The van der Waals surface area contributed by atoms with Gasteiger partial charge in [0, 0.05) is 6.54 Å². The Balaban J connectivity index is 2.57. The Morgan fingerprint density at radius 1 is 1.09 bits per heavy atom.